The summed E-state index contributed by atoms with van der Waals surface area (Å²) in [6.45, 7) is 8.93. The number of rotatable bonds is 6. The molecule has 12 rings (SSSR count). The zero-order valence-electron chi connectivity index (χ0n) is 36.1. The molecule has 9 aromatic carbocycles. The van der Waals surface area contributed by atoms with Gasteiger partial charge in [-0.1, -0.05) is 170 Å². The highest BCUT2D eigenvalue weighted by Crippen LogP contribution is 2.43. The van der Waals surface area contributed by atoms with Crippen molar-refractivity contribution in [2.45, 2.75) is 19.8 Å². The van der Waals surface area contributed by atoms with Crippen molar-refractivity contribution in [3.8, 4) is 11.4 Å². The van der Waals surface area contributed by atoms with Crippen molar-refractivity contribution >= 4 is 82.2 Å². The van der Waals surface area contributed by atoms with Crippen LogP contribution in [0.2, 0.25) is 0 Å². The third-order valence-electron chi connectivity index (χ3n) is 12.0. The van der Waals surface area contributed by atoms with E-state index in [0.29, 0.717) is 0 Å². The third-order valence-corrected chi connectivity index (χ3v) is 12.0. The number of benzene rings is 9. The van der Waals surface area contributed by atoms with Crippen LogP contribution in [0.25, 0.3) is 76.5 Å². The van der Waals surface area contributed by atoms with Crippen LogP contribution in [0.5, 0.6) is 0 Å². The molecule has 0 amide bonds. The van der Waals surface area contributed by atoms with Crippen molar-refractivity contribution < 1.29 is 0 Å². The van der Waals surface area contributed by atoms with Crippen LogP contribution < -0.4 is 4.90 Å². The number of nitrogens with zero attached hydrogens (tertiary/aromatic N) is 3. The minimum atomic E-state index is 1.02. The van der Waals surface area contributed by atoms with Crippen molar-refractivity contribution in [1.29, 1.82) is 0 Å². The van der Waals surface area contributed by atoms with Crippen LogP contribution in [0.4, 0.5) is 17.1 Å². The Morgan fingerprint density at radius 3 is 1.58 bits per heavy atom. The molecule has 0 spiro atoms. The Morgan fingerprint density at radius 1 is 0.453 bits per heavy atom. The predicted molar refractivity (Wildman–Crippen MR) is 277 cm³/mol. The molecule has 3 nitrogen and oxygen atoms in total. The van der Waals surface area contributed by atoms with Gasteiger partial charge in [-0.15, -0.1) is 0 Å². The summed E-state index contributed by atoms with van der Waals surface area (Å²) in [6, 6.07) is 72.7. The first-order chi connectivity index (χ1) is 31.6. The monoisotopic (exact) mass is 823 g/mol. The summed E-state index contributed by atoms with van der Waals surface area (Å²) < 4.78 is 4.92. The van der Waals surface area contributed by atoms with Crippen LogP contribution in [-0.4, -0.2) is 9.13 Å². The number of fused-ring (bicyclic) bond motifs is 9. The number of aromatic nitrogens is 2. The molecular formula is C61H49N3. The van der Waals surface area contributed by atoms with E-state index in [9.17, 15) is 0 Å². The molecule has 2 aromatic heterocycles. The molecule has 0 fully saturated rings. The van der Waals surface area contributed by atoms with Gasteiger partial charge in [0.2, 0.25) is 0 Å². The highest BCUT2D eigenvalue weighted by molar-refractivity contribution is 6.26. The highest BCUT2D eigenvalue weighted by atomic mass is 15.1. The fraction of sp³-hybridized carbons (Fsp3) is 0.0492. The van der Waals surface area contributed by atoms with Gasteiger partial charge >= 0.3 is 0 Å². The Bertz CT molecular complexity index is 3500. The average Bonchev–Trinajstić information content (AvgIpc) is 3.88. The molecule has 308 valence electrons. The van der Waals surface area contributed by atoms with Gasteiger partial charge in [0.05, 0.1) is 22.1 Å². The van der Waals surface area contributed by atoms with Crippen LogP contribution in [0.15, 0.2) is 249 Å². The first-order valence-electron chi connectivity index (χ1n) is 22.1. The molecule has 0 saturated heterocycles. The number of allylic oxidation sites excluding steroid dienone is 6. The number of hydrogen-bond acceptors (Lipinski definition) is 1. The van der Waals surface area contributed by atoms with Gasteiger partial charge in [-0.3, -0.25) is 0 Å². The normalized spacial score (nSPS) is 12.0. The second-order valence-electron chi connectivity index (χ2n) is 16.3. The Kier molecular flexibility index (Phi) is 11.0. The van der Waals surface area contributed by atoms with Gasteiger partial charge in [0, 0.05) is 50.0 Å². The molecule has 0 aliphatic heterocycles. The van der Waals surface area contributed by atoms with Gasteiger partial charge < -0.3 is 14.0 Å². The maximum atomic E-state index is 3.56. The average molecular weight is 824 g/mol. The smallest absolute Gasteiger partial charge is 0.0641 e. The summed E-state index contributed by atoms with van der Waals surface area (Å²) >= 11 is 0. The van der Waals surface area contributed by atoms with E-state index >= 15 is 0 Å². The second kappa shape index (κ2) is 17.7. The molecule has 1 aliphatic rings. The lowest BCUT2D eigenvalue weighted by atomic mass is 10.1. The summed E-state index contributed by atoms with van der Waals surface area (Å²) in [5.41, 5.74) is 11.6. The van der Waals surface area contributed by atoms with E-state index in [1.165, 1.54) is 83.7 Å². The van der Waals surface area contributed by atoms with Gasteiger partial charge in [-0.25, -0.2) is 0 Å². The molecule has 1 aliphatic carbocycles. The Balaban J connectivity index is 0.000000391. The Hall–Kier alpha value is -8.14. The summed E-state index contributed by atoms with van der Waals surface area (Å²) in [5.74, 6) is 0. The van der Waals surface area contributed by atoms with Crippen molar-refractivity contribution in [2.75, 3.05) is 4.90 Å². The van der Waals surface area contributed by atoms with E-state index in [4.69, 9.17) is 0 Å². The van der Waals surface area contributed by atoms with E-state index in [2.05, 4.69) is 252 Å². The summed E-state index contributed by atoms with van der Waals surface area (Å²) in [6.07, 6.45) is 12.7. The fourth-order valence-electron chi connectivity index (χ4n) is 9.01. The minimum Gasteiger partial charge on any atom is -0.310 e. The van der Waals surface area contributed by atoms with Gasteiger partial charge in [0.25, 0.3) is 0 Å². The largest absolute Gasteiger partial charge is 0.310 e. The van der Waals surface area contributed by atoms with Crippen LogP contribution in [0.3, 0.4) is 0 Å². The molecule has 0 bridgehead atoms. The molecule has 0 unspecified atom stereocenters. The topological polar surface area (TPSA) is 13.1 Å². The first-order valence-corrected chi connectivity index (χ1v) is 22.1. The van der Waals surface area contributed by atoms with Gasteiger partial charge in [-0.05, 0) is 120 Å². The quantitative estimate of drug-likeness (QED) is 0.152. The number of anilines is 3. The van der Waals surface area contributed by atoms with E-state index in [-0.39, 0.29) is 0 Å². The molecule has 3 heteroatoms. The minimum absolute atomic E-state index is 1.02. The van der Waals surface area contributed by atoms with Crippen molar-refractivity contribution in [1.82, 2.24) is 9.13 Å². The molecule has 0 N–H and O–H groups in total. The van der Waals surface area contributed by atoms with Gasteiger partial charge in [0.1, 0.15) is 0 Å². The summed E-state index contributed by atoms with van der Waals surface area (Å²) in [7, 11) is 0. The van der Waals surface area contributed by atoms with Crippen LogP contribution in [0.1, 0.15) is 19.8 Å². The Morgan fingerprint density at radius 2 is 0.953 bits per heavy atom. The molecule has 11 aromatic rings. The Labute approximate surface area is 375 Å². The molecule has 0 atom stereocenters. The van der Waals surface area contributed by atoms with E-state index in [0.717, 1.165) is 28.3 Å². The lowest BCUT2D eigenvalue weighted by Crippen LogP contribution is -2.09. The zero-order valence-corrected chi connectivity index (χ0v) is 36.1. The first kappa shape index (κ1) is 40.0. The molecule has 0 radical (unpaired) electrons. The van der Waals surface area contributed by atoms with Crippen LogP contribution >= 0.6 is 0 Å². The van der Waals surface area contributed by atoms with Crippen LogP contribution in [0, 0.1) is 0 Å². The lowest BCUT2D eigenvalue weighted by molar-refractivity contribution is 1.04. The fourth-order valence-corrected chi connectivity index (χ4v) is 9.01. The predicted octanol–water partition coefficient (Wildman–Crippen LogP) is 17.3. The van der Waals surface area contributed by atoms with Crippen molar-refractivity contribution in [3.05, 3.63) is 249 Å². The van der Waals surface area contributed by atoms with Crippen LogP contribution in [-0.2, 0) is 0 Å². The third kappa shape index (κ3) is 7.58. The molecule has 0 saturated carbocycles. The highest BCUT2D eigenvalue weighted by Gasteiger charge is 2.21. The number of hydrogen-bond donors (Lipinski definition) is 0. The second-order valence-corrected chi connectivity index (χ2v) is 16.3. The summed E-state index contributed by atoms with van der Waals surface area (Å²) in [5, 5.41) is 9.90. The standard InChI is InChI=1S/C50H33N3.C6H8.C5H8/c1-3-15-38(16-4-1)51(39-17-5-2-6-18-39)40-27-24-37-33-42(28-25-36(37)32-40)53-46-21-11-9-19-43(46)44-29-30-48-49(50(44)53)45-20-10-12-22-47(45)52(48)41-26-23-34-13-7-8-14-35(34)31-41;1-2-4-6-5-3-1;1-4-5(2)3/h1-33H;1-4H,5-6H2;4H,1-2H2,3H3. The maximum absolute atomic E-state index is 3.56. The van der Waals surface area contributed by atoms with Gasteiger partial charge in [0.15, 0.2) is 0 Å². The lowest BCUT2D eigenvalue weighted by Gasteiger charge is -2.25. The molecular weight excluding hydrogens is 775 g/mol. The summed E-state index contributed by atoms with van der Waals surface area (Å²) in [4.78, 5) is 2.32. The van der Waals surface area contributed by atoms with E-state index in [1.807, 2.05) is 6.92 Å². The van der Waals surface area contributed by atoms with Crippen molar-refractivity contribution in [2.24, 2.45) is 0 Å². The van der Waals surface area contributed by atoms with E-state index < -0.39 is 0 Å². The zero-order chi connectivity index (χ0) is 43.4. The number of para-hydroxylation sites is 4. The maximum Gasteiger partial charge on any atom is 0.0641 e. The van der Waals surface area contributed by atoms with E-state index in [1.54, 1.807) is 6.08 Å². The van der Waals surface area contributed by atoms with Crippen molar-refractivity contribution in [3.63, 3.8) is 0 Å². The molecule has 64 heavy (non-hydrogen) atoms. The van der Waals surface area contributed by atoms with Gasteiger partial charge in [-0.2, -0.15) is 0 Å². The SMILES string of the molecule is C1=CCCC=C1.C=CC(=C)C.c1ccc(N(c2ccccc2)c2ccc3cc(-n4c5ccccc5c5ccc6c(c7ccccc7n6-c6ccc7ccccc7c6)c54)ccc3c2)cc1. The molecule has 2 heterocycles.